The van der Waals surface area contributed by atoms with Crippen LogP contribution in [-0.2, 0) is 27.2 Å². The van der Waals surface area contributed by atoms with Gasteiger partial charge in [-0.05, 0) is 46.8 Å². The molecule has 0 N–H and O–H groups in total. The van der Waals surface area contributed by atoms with Gasteiger partial charge in [-0.25, -0.2) is 0 Å². The molecule has 0 spiro atoms. The molecule has 3 aromatic rings. The molecule has 2 heterocycles. The van der Waals surface area contributed by atoms with E-state index in [1.54, 1.807) is 40.1 Å². The van der Waals surface area contributed by atoms with E-state index in [9.17, 15) is 9.13 Å². The lowest BCUT2D eigenvalue weighted by Crippen LogP contribution is -2.30. The van der Waals surface area contributed by atoms with Gasteiger partial charge >= 0.3 is 15.2 Å². The van der Waals surface area contributed by atoms with Gasteiger partial charge in [-0.15, -0.1) is 0 Å². The number of fused-ring (bicyclic) bond motifs is 3. The zero-order valence-electron chi connectivity index (χ0n) is 20.8. The predicted octanol–water partition coefficient (Wildman–Crippen LogP) is 6.77. The van der Waals surface area contributed by atoms with Crippen LogP contribution in [0.2, 0.25) is 0 Å². The third kappa shape index (κ3) is 5.52. The van der Waals surface area contributed by atoms with Crippen molar-refractivity contribution in [1.82, 2.24) is 9.97 Å². The molecule has 188 valence electrons. The molecule has 0 saturated heterocycles. The van der Waals surface area contributed by atoms with E-state index in [2.05, 4.69) is 21.8 Å². The van der Waals surface area contributed by atoms with Crippen LogP contribution in [-0.4, -0.2) is 41.3 Å². The van der Waals surface area contributed by atoms with E-state index in [1.165, 1.54) is 6.92 Å². The number of rotatable bonds is 11. The van der Waals surface area contributed by atoms with Crippen molar-refractivity contribution < 1.29 is 27.2 Å². The van der Waals surface area contributed by atoms with Crippen LogP contribution >= 0.6 is 15.2 Å². The quantitative estimate of drug-likeness (QED) is 0.156. The summed E-state index contributed by atoms with van der Waals surface area (Å²) in [4.78, 5) is 7.38. The van der Waals surface area contributed by atoms with Crippen molar-refractivity contribution in [3.63, 3.8) is 0 Å². The third-order valence-corrected chi connectivity index (χ3v) is 12.0. The van der Waals surface area contributed by atoms with Gasteiger partial charge in [0, 0.05) is 35.2 Å². The first-order chi connectivity index (χ1) is 16.8. The molecule has 8 nitrogen and oxygen atoms in total. The van der Waals surface area contributed by atoms with Crippen molar-refractivity contribution in [3.8, 4) is 11.8 Å². The summed E-state index contributed by atoms with van der Waals surface area (Å²) >= 11 is 0. The lowest BCUT2D eigenvalue weighted by molar-refractivity contribution is 0.180. The summed E-state index contributed by atoms with van der Waals surface area (Å²) in [5, 5.41) is 1.90. The number of hydrogen-bond donors (Lipinski definition) is 0. The van der Waals surface area contributed by atoms with Crippen molar-refractivity contribution in [1.29, 1.82) is 0 Å². The minimum Gasteiger partial charge on any atom is -0.308 e. The maximum absolute atomic E-state index is 13.9. The standard InChI is InChI=1S/C25H32N2O6P2/c1-6-30-34(28,31-7-2)25(5,35(29,32-8-3)33-9-4)16-10-12-20-18-22-15-14-21-13-11-17-26-23(21)24(22)27-19-20/h11,13-15,17-19H,6-9,16H2,1-5H3. The lowest BCUT2D eigenvalue weighted by atomic mass is 10.1. The van der Waals surface area contributed by atoms with E-state index < -0.39 is 20.1 Å². The Labute approximate surface area is 206 Å². The first-order valence-electron chi connectivity index (χ1n) is 11.7. The van der Waals surface area contributed by atoms with Crippen molar-refractivity contribution in [2.75, 3.05) is 26.4 Å². The minimum atomic E-state index is -3.95. The van der Waals surface area contributed by atoms with Gasteiger partial charge in [0.05, 0.1) is 37.5 Å². The average molecular weight is 518 g/mol. The van der Waals surface area contributed by atoms with Crippen LogP contribution in [0.1, 0.15) is 46.6 Å². The number of aromatic nitrogens is 2. The maximum atomic E-state index is 13.9. The average Bonchev–Trinajstić information content (AvgIpc) is 2.84. The molecule has 0 amide bonds. The third-order valence-electron chi connectivity index (χ3n) is 5.46. The Morgan fingerprint density at radius 2 is 1.37 bits per heavy atom. The van der Waals surface area contributed by atoms with E-state index >= 15 is 0 Å². The first-order valence-corrected chi connectivity index (χ1v) is 14.8. The highest BCUT2D eigenvalue weighted by atomic mass is 31.2. The highest BCUT2D eigenvalue weighted by Gasteiger charge is 2.61. The number of nitrogens with zero attached hydrogens (tertiary/aromatic N) is 2. The molecule has 0 bridgehead atoms. The van der Waals surface area contributed by atoms with Gasteiger partial charge in [0.1, 0.15) is 0 Å². The zero-order chi connectivity index (χ0) is 25.5. The first kappa shape index (κ1) is 27.5. The lowest BCUT2D eigenvalue weighted by Gasteiger charge is -2.38. The Kier molecular flexibility index (Phi) is 9.23. The van der Waals surface area contributed by atoms with Gasteiger partial charge in [0.25, 0.3) is 0 Å². The topological polar surface area (TPSA) is 96.8 Å². The van der Waals surface area contributed by atoms with Crippen LogP contribution in [0.3, 0.4) is 0 Å². The van der Waals surface area contributed by atoms with Gasteiger partial charge in [0.2, 0.25) is 0 Å². The molecule has 0 aliphatic carbocycles. The van der Waals surface area contributed by atoms with Gasteiger partial charge in [-0.3, -0.25) is 19.1 Å². The van der Waals surface area contributed by atoms with Crippen LogP contribution in [0.25, 0.3) is 21.8 Å². The summed E-state index contributed by atoms with van der Waals surface area (Å²) in [6.07, 6.45) is 3.30. The van der Waals surface area contributed by atoms with E-state index in [-0.39, 0.29) is 32.8 Å². The number of hydrogen-bond acceptors (Lipinski definition) is 8. The molecule has 0 aliphatic rings. The van der Waals surface area contributed by atoms with E-state index in [0.717, 1.165) is 21.8 Å². The number of pyridine rings is 2. The normalized spacial score (nSPS) is 12.6. The van der Waals surface area contributed by atoms with E-state index in [1.807, 2.05) is 30.3 Å². The molecule has 10 heteroatoms. The Bertz CT molecular complexity index is 1280. The maximum Gasteiger partial charge on any atom is 0.349 e. The van der Waals surface area contributed by atoms with Crippen LogP contribution in [0.5, 0.6) is 0 Å². The fourth-order valence-electron chi connectivity index (χ4n) is 3.77. The fourth-order valence-corrected chi connectivity index (χ4v) is 8.83. The number of benzene rings is 1. The highest BCUT2D eigenvalue weighted by molar-refractivity contribution is 7.74. The molecular weight excluding hydrogens is 486 g/mol. The van der Waals surface area contributed by atoms with Gasteiger partial charge in [-0.1, -0.05) is 30.0 Å². The van der Waals surface area contributed by atoms with Crippen LogP contribution < -0.4 is 0 Å². The molecule has 0 radical (unpaired) electrons. The largest absolute Gasteiger partial charge is 0.349 e. The zero-order valence-corrected chi connectivity index (χ0v) is 22.6. The SMILES string of the molecule is CCOP(=O)(OCC)C(C)(CC#Cc1cnc2c(ccc3cccnc32)c1)P(=O)(OCC)OCC. The van der Waals surface area contributed by atoms with Crippen LogP contribution in [0.4, 0.5) is 0 Å². The van der Waals surface area contributed by atoms with Crippen molar-refractivity contribution in [2.45, 2.75) is 45.9 Å². The summed E-state index contributed by atoms with van der Waals surface area (Å²) in [5.74, 6) is 6.07. The second-order valence-electron chi connectivity index (χ2n) is 7.80. The van der Waals surface area contributed by atoms with Crippen LogP contribution in [0, 0.1) is 11.8 Å². The molecule has 0 saturated carbocycles. The van der Waals surface area contributed by atoms with Gasteiger partial charge in [0.15, 0.2) is 4.90 Å². The monoisotopic (exact) mass is 518 g/mol. The van der Waals surface area contributed by atoms with Gasteiger partial charge < -0.3 is 18.1 Å². The summed E-state index contributed by atoms with van der Waals surface area (Å²) in [6, 6.07) is 9.75. The van der Waals surface area contributed by atoms with Crippen molar-refractivity contribution >= 4 is 37.0 Å². The second-order valence-corrected chi connectivity index (χ2v) is 13.1. The summed E-state index contributed by atoms with van der Waals surface area (Å²) < 4.78 is 50.2. The van der Waals surface area contributed by atoms with Crippen LogP contribution in [0.15, 0.2) is 42.7 Å². The highest BCUT2D eigenvalue weighted by Crippen LogP contribution is 2.78. The Morgan fingerprint density at radius 3 is 1.94 bits per heavy atom. The summed E-state index contributed by atoms with van der Waals surface area (Å²) in [7, 11) is -7.90. The molecule has 3 rings (SSSR count). The molecule has 2 aromatic heterocycles. The van der Waals surface area contributed by atoms with E-state index in [0.29, 0.717) is 5.56 Å². The summed E-state index contributed by atoms with van der Waals surface area (Å²) in [5.41, 5.74) is 2.26. The summed E-state index contributed by atoms with van der Waals surface area (Å²) in [6.45, 7) is 8.75. The molecular formula is C25H32N2O6P2. The Morgan fingerprint density at radius 1 is 0.829 bits per heavy atom. The Balaban J connectivity index is 2.04. The predicted molar refractivity (Wildman–Crippen MR) is 139 cm³/mol. The smallest absolute Gasteiger partial charge is 0.308 e. The molecule has 0 unspecified atom stereocenters. The van der Waals surface area contributed by atoms with E-state index in [4.69, 9.17) is 18.1 Å². The molecule has 0 fully saturated rings. The Hall–Kier alpha value is -2.10. The van der Waals surface area contributed by atoms with Crippen molar-refractivity contribution in [3.05, 3.63) is 48.3 Å². The molecule has 1 aromatic carbocycles. The minimum absolute atomic E-state index is 0.0983. The fraction of sp³-hybridized carbons (Fsp3) is 0.440. The van der Waals surface area contributed by atoms with Crippen molar-refractivity contribution in [2.24, 2.45) is 0 Å². The van der Waals surface area contributed by atoms with Gasteiger partial charge in [-0.2, -0.15) is 0 Å². The second kappa shape index (κ2) is 11.8. The molecule has 35 heavy (non-hydrogen) atoms. The molecule has 0 aliphatic heterocycles. The molecule has 0 atom stereocenters.